The molecule has 0 N–H and O–H groups in total. The third kappa shape index (κ3) is 2.56. The first-order chi connectivity index (χ1) is 9.91. The normalized spacial score (nSPS) is 12.2. The molecule has 0 unspecified atom stereocenters. The Balaban J connectivity index is 2.20. The van der Waals surface area contributed by atoms with Gasteiger partial charge in [-0.25, -0.2) is 4.98 Å². The van der Waals surface area contributed by atoms with Crippen molar-refractivity contribution in [2.75, 3.05) is 0 Å². The molecule has 3 aromatic rings. The van der Waals surface area contributed by atoms with Gasteiger partial charge in [-0.2, -0.15) is 9.78 Å². The van der Waals surface area contributed by atoms with Gasteiger partial charge in [0.15, 0.2) is 0 Å². The lowest BCUT2D eigenvalue weighted by atomic mass is 9.90. The SMILES string of the molecule is CC(C)(C)c1nn(-c2nc3ccccc3s2)c(Cl)c1CCl. The van der Waals surface area contributed by atoms with Crippen LogP contribution in [-0.2, 0) is 11.3 Å². The van der Waals surface area contributed by atoms with Crippen LogP contribution >= 0.6 is 34.5 Å². The monoisotopic (exact) mass is 339 g/mol. The van der Waals surface area contributed by atoms with Crippen molar-refractivity contribution in [1.82, 2.24) is 14.8 Å². The van der Waals surface area contributed by atoms with E-state index < -0.39 is 0 Å². The molecule has 0 saturated carbocycles. The van der Waals surface area contributed by atoms with Crippen molar-refractivity contribution >= 4 is 44.8 Å². The van der Waals surface area contributed by atoms with Gasteiger partial charge >= 0.3 is 0 Å². The Labute approximate surface area is 137 Å². The highest BCUT2D eigenvalue weighted by molar-refractivity contribution is 7.20. The maximum atomic E-state index is 6.48. The second-order valence-corrected chi connectivity index (χ2v) is 7.51. The molecule has 0 saturated heterocycles. The van der Waals surface area contributed by atoms with Crippen molar-refractivity contribution in [1.29, 1.82) is 0 Å². The summed E-state index contributed by atoms with van der Waals surface area (Å²) >= 11 is 14.1. The Hall–Kier alpha value is -1.10. The zero-order valence-corrected chi connectivity index (χ0v) is 14.4. The summed E-state index contributed by atoms with van der Waals surface area (Å²) in [6.45, 7) is 6.30. The van der Waals surface area contributed by atoms with E-state index in [1.165, 1.54) is 0 Å². The van der Waals surface area contributed by atoms with Crippen LogP contribution in [0.3, 0.4) is 0 Å². The van der Waals surface area contributed by atoms with E-state index in [-0.39, 0.29) is 5.41 Å². The summed E-state index contributed by atoms with van der Waals surface area (Å²) in [5.41, 5.74) is 2.64. The van der Waals surface area contributed by atoms with Crippen LogP contribution in [-0.4, -0.2) is 14.8 Å². The van der Waals surface area contributed by atoms with Gasteiger partial charge in [-0.05, 0) is 12.1 Å². The molecule has 0 radical (unpaired) electrons. The number of hydrogen-bond donors (Lipinski definition) is 0. The summed E-state index contributed by atoms with van der Waals surface area (Å²) in [5.74, 6) is 0.344. The van der Waals surface area contributed by atoms with E-state index in [1.54, 1.807) is 16.0 Å². The van der Waals surface area contributed by atoms with Gasteiger partial charge < -0.3 is 0 Å². The first-order valence-corrected chi connectivity index (χ1v) is 8.34. The molecule has 0 bridgehead atoms. The zero-order valence-electron chi connectivity index (χ0n) is 12.0. The standard InChI is InChI=1S/C15H15Cl2N3S/c1-15(2,3)12-9(8-16)13(17)20(19-12)14-18-10-6-4-5-7-11(10)21-14/h4-7H,8H2,1-3H3. The molecule has 21 heavy (non-hydrogen) atoms. The number of hydrogen-bond acceptors (Lipinski definition) is 3. The van der Waals surface area contributed by atoms with Crippen LogP contribution in [0.5, 0.6) is 0 Å². The van der Waals surface area contributed by atoms with E-state index in [4.69, 9.17) is 23.2 Å². The fourth-order valence-electron chi connectivity index (χ4n) is 2.23. The van der Waals surface area contributed by atoms with Gasteiger partial charge in [0, 0.05) is 11.0 Å². The van der Waals surface area contributed by atoms with Gasteiger partial charge in [0.05, 0.1) is 21.8 Å². The summed E-state index contributed by atoms with van der Waals surface area (Å²) in [6.07, 6.45) is 0. The highest BCUT2D eigenvalue weighted by Gasteiger charge is 2.26. The number of nitrogens with zero attached hydrogens (tertiary/aromatic N) is 3. The Kier molecular flexibility index (Phi) is 3.72. The van der Waals surface area contributed by atoms with Crippen LogP contribution in [0.15, 0.2) is 24.3 Å². The second kappa shape index (κ2) is 5.27. The molecule has 0 aliphatic rings. The molecule has 1 aromatic carbocycles. The highest BCUT2D eigenvalue weighted by Crippen LogP contribution is 2.34. The predicted molar refractivity (Wildman–Crippen MR) is 90.0 cm³/mol. The van der Waals surface area contributed by atoms with Gasteiger partial charge in [-0.1, -0.05) is 55.8 Å². The maximum Gasteiger partial charge on any atom is 0.212 e. The van der Waals surface area contributed by atoms with Crippen LogP contribution in [0.25, 0.3) is 15.3 Å². The Morgan fingerprint density at radius 3 is 2.52 bits per heavy atom. The van der Waals surface area contributed by atoms with Crippen molar-refractivity contribution in [2.24, 2.45) is 0 Å². The number of rotatable bonds is 2. The third-order valence-corrected chi connectivity index (χ3v) is 4.90. The number of halogens is 2. The number of alkyl halides is 1. The average Bonchev–Trinajstić information content (AvgIpc) is 2.98. The second-order valence-electron chi connectivity index (χ2n) is 5.88. The quantitative estimate of drug-likeness (QED) is 0.603. The zero-order chi connectivity index (χ0) is 15.2. The van der Waals surface area contributed by atoms with Crippen molar-refractivity contribution in [2.45, 2.75) is 32.1 Å². The van der Waals surface area contributed by atoms with Crippen LogP contribution < -0.4 is 0 Å². The lowest BCUT2D eigenvalue weighted by molar-refractivity contribution is 0.556. The molecule has 6 heteroatoms. The Morgan fingerprint density at radius 1 is 1.24 bits per heavy atom. The van der Waals surface area contributed by atoms with Gasteiger partial charge in [0.1, 0.15) is 5.15 Å². The largest absolute Gasteiger partial charge is 0.218 e. The molecule has 0 amide bonds. The van der Waals surface area contributed by atoms with Crippen LogP contribution in [0.1, 0.15) is 32.0 Å². The fraction of sp³-hybridized carbons (Fsp3) is 0.333. The third-order valence-electron chi connectivity index (χ3n) is 3.23. The van der Waals surface area contributed by atoms with E-state index in [9.17, 15) is 0 Å². The van der Waals surface area contributed by atoms with Crippen molar-refractivity contribution in [3.8, 4) is 5.13 Å². The van der Waals surface area contributed by atoms with E-state index >= 15 is 0 Å². The number of fused-ring (bicyclic) bond motifs is 1. The number of para-hydroxylation sites is 1. The molecule has 110 valence electrons. The maximum absolute atomic E-state index is 6.48. The first-order valence-electron chi connectivity index (χ1n) is 6.61. The van der Waals surface area contributed by atoms with Crippen molar-refractivity contribution < 1.29 is 0 Å². The summed E-state index contributed by atoms with van der Waals surface area (Å²) in [4.78, 5) is 4.61. The Morgan fingerprint density at radius 2 is 1.95 bits per heavy atom. The highest BCUT2D eigenvalue weighted by atomic mass is 35.5. The smallest absolute Gasteiger partial charge is 0.212 e. The molecule has 3 nitrogen and oxygen atoms in total. The minimum Gasteiger partial charge on any atom is -0.218 e. The molecule has 2 heterocycles. The minimum atomic E-state index is -0.115. The topological polar surface area (TPSA) is 30.7 Å². The summed E-state index contributed by atoms with van der Waals surface area (Å²) in [7, 11) is 0. The number of benzene rings is 1. The number of aromatic nitrogens is 3. The summed E-state index contributed by atoms with van der Waals surface area (Å²) in [6, 6.07) is 8.00. The van der Waals surface area contributed by atoms with Crippen molar-refractivity contribution in [3.63, 3.8) is 0 Å². The molecular weight excluding hydrogens is 325 g/mol. The minimum absolute atomic E-state index is 0.115. The van der Waals surface area contributed by atoms with Gasteiger partial charge in [-0.3, -0.25) is 0 Å². The lowest BCUT2D eigenvalue weighted by Crippen LogP contribution is -2.14. The van der Waals surface area contributed by atoms with Gasteiger partial charge in [0.2, 0.25) is 5.13 Å². The fourth-order valence-corrected chi connectivity index (χ4v) is 3.80. The molecule has 2 aromatic heterocycles. The van der Waals surface area contributed by atoms with E-state index in [2.05, 4.69) is 30.9 Å². The molecular formula is C15H15Cl2N3S. The molecule has 0 spiro atoms. The van der Waals surface area contributed by atoms with Crippen LogP contribution in [0.4, 0.5) is 0 Å². The summed E-state index contributed by atoms with van der Waals surface area (Å²) in [5, 5.41) is 5.98. The van der Waals surface area contributed by atoms with Crippen LogP contribution in [0.2, 0.25) is 5.15 Å². The molecule has 0 aliphatic carbocycles. The van der Waals surface area contributed by atoms with Gasteiger partial charge in [0.25, 0.3) is 0 Å². The number of thiazole rings is 1. The Bertz CT molecular complexity index is 766. The van der Waals surface area contributed by atoms with E-state index in [0.717, 1.165) is 26.6 Å². The molecule has 0 atom stereocenters. The molecule has 3 rings (SSSR count). The summed E-state index contributed by atoms with van der Waals surface area (Å²) < 4.78 is 2.81. The lowest BCUT2D eigenvalue weighted by Gasteiger charge is -2.16. The van der Waals surface area contributed by atoms with E-state index in [0.29, 0.717) is 11.0 Å². The molecule has 0 aliphatic heterocycles. The van der Waals surface area contributed by atoms with Crippen molar-refractivity contribution in [3.05, 3.63) is 40.7 Å². The first kappa shape index (κ1) is 14.8. The van der Waals surface area contributed by atoms with Gasteiger partial charge in [-0.15, -0.1) is 11.6 Å². The van der Waals surface area contributed by atoms with Crippen LogP contribution in [0, 0.1) is 0 Å². The predicted octanol–water partition coefficient (Wildman–Crippen LogP) is 5.17. The average molecular weight is 340 g/mol. The van der Waals surface area contributed by atoms with E-state index in [1.807, 2.05) is 24.3 Å². The molecule has 0 fully saturated rings.